The fraction of sp³-hybridized carbons (Fsp3) is 0.414. The Bertz CT molecular complexity index is 1430. The molecular formula is C29H29NO9. The van der Waals surface area contributed by atoms with Gasteiger partial charge in [-0.3, -0.25) is 14.4 Å². The summed E-state index contributed by atoms with van der Waals surface area (Å²) >= 11 is 0. The third kappa shape index (κ3) is 3.81. The number of carbonyl (C=O) groups excluding carboxylic acids is 3. The van der Waals surface area contributed by atoms with E-state index in [4.69, 9.17) is 19.9 Å². The van der Waals surface area contributed by atoms with Crippen LogP contribution in [0.1, 0.15) is 63.3 Å². The van der Waals surface area contributed by atoms with Crippen molar-refractivity contribution in [2.75, 3.05) is 6.54 Å². The van der Waals surface area contributed by atoms with E-state index >= 15 is 0 Å². The Morgan fingerprint density at radius 1 is 1.10 bits per heavy atom. The number of aromatic hydroxyl groups is 1. The van der Waals surface area contributed by atoms with Crippen molar-refractivity contribution in [2.45, 2.75) is 57.4 Å². The maximum Gasteiger partial charge on any atom is 0.310 e. The molecule has 2 heterocycles. The second-order valence-corrected chi connectivity index (χ2v) is 10.6. The number of ketones is 2. The van der Waals surface area contributed by atoms with Crippen LogP contribution >= 0.6 is 0 Å². The van der Waals surface area contributed by atoms with Crippen LogP contribution in [-0.4, -0.2) is 64.0 Å². The number of nitrogens with two attached hydrogens (primary N) is 1. The zero-order chi connectivity index (χ0) is 27.7. The number of fused-ring (bicyclic) bond motifs is 6. The van der Waals surface area contributed by atoms with Crippen LogP contribution in [0.2, 0.25) is 0 Å². The van der Waals surface area contributed by atoms with Gasteiger partial charge in [-0.15, -0.1) is 0 Å². The van der Waals surface area contributed by atoms with Crippen molar-refractivity contribution in [1.29, 1.82) is 0 Å². The first kappa shape index (κ1) is 25.7. The summed E-state index contributed by atoms with van der Waals surface area (Å²) in [5.74, 6) is -3.12. The van der Waals surface area contributed by atoms with Crippen LogP contribution in [0.3, 0.4) is 0 Å². The number of hydrogen-bond acceptors (Lipinski definition) is 10. The van der Waals surface area contributed by atoms with Crippen molar-refractivity contribution in [1.82, 2.24) is 0 Å². The number of esters is 1. The van der Waals surface area contributed by atoms with Crippen molar-refractivity contribution < 1.29 is 43.9 Å². The summed E-state index contributed by atoms with van der Waals surface area (Å²) in [7, 11) is 0. The van der Waals surface area contributed by atoms with E-state index in [1.165, 1.54) is 18.2 Å². The normalized spacial score (nSPS) is 31.3. The van der Waals surface area contributed by atoms with E-state index in [9.17, 15) is 29.7 Å². The third-order valence-electron chi connectivity index (χ3n) is 8.14. The van der Waals surface area contributed by atoms with Crippen molar-refractivity contribution in [3.8, 4) is 11.5 Å². The van der Waals surface area contributed by atoms with Crippen LogP contribution in [-0.2, 0) is 14.3 Å². The molecule has 0 spiro atoms. The molecule has 2 unspecified atom stereocenters. The first-order valence-corrected chi connectivity index (χ1v) is 13.0. The molecule has 0 amide bonds. The Hall–Kier alpha value is -3.57. The predicted molar refractivity (Wildman–Crippen MR) is 136 cm³/mol. The lowest BCUT2D eigenvalue weighted by molar-refractivity contribution is -0.216. The van der Waals surface area contributed by atoms with E-state index in [2.05, 4.69) is 0 Å². The number of hydrogen-bond donors (Lipinski definition) is 4. The minimum absolute atomic E-state index is 0.0118. The molecule has 2 aromatic carbocycles. The number of aliphatic hydroxyl groups excluding tert-OH is 2. The summed E-state index contributed by atoms with van der Waals surface area (Å²) in [5.41, 5.74) is 7.45. The minimum atomic E-state index is -1.09. The summed E-state index contributed by atoms with van der Waals surface area (Å²) in [5, 5.41) is 31.2. The fourth-order valence-electron chi connectivity index (χ4n) is 6.39. The summed E-state index contributed by atoms with van der Waals surface area (Å²) < 4.78 is 17.5. The Morgan fingerprint density at radius 3 is 2.59 bits per heavy atom. The van der Waals surface area contributed by atoms with Gasteiger partial charge in [0, 0.05) is 40.2 Å². The van der Waals surface area contributed by atoms with E-state index < -0.39 is 60.1 Å². The Labute approximate surface area is 224 Å². The maximum atomic E-state index is 14.3. The molecule has 2 saturated heterocycles. The monoisotopic (exact) mass is 535 g/mol. The number of Topliss-reactive ketones (excluding diaryl/α,β-unsaturated/α-hetero) is 2. The van der Waals surface area contributed by atoms with Crippen molar-refractivity contribution in [3.63, 3.8) is 0 Å². The van der Waals surface area contributed by atoms with Crippen molar-refractivity contribution in [3.05, 3.63) is 63.7 Å². The molecule has 2 aliphatic heterocycles. The van der Waals surface area contributed by atoms with E-state index in [1.54, 1.807) is 26.0 Å². The van der Waals surface area contributed by atoms with Crippen LogP contribution in [0.4, 0.5) is 0 Å². The number of aryl methyl sites for hydroxylation is 1. The standard InChI is InChI=1S/C29H29NO9/c1-11-8-15-20(16(31)9-11)23-24(22-14(6-7-30)29(36)39-28(15)22)27(35)21-13(26(23)34)4-3-5-18(21)38-19-10-17(32)25(33)12(2)37-19/h3-5,8-9,12,14,17,19,22,25,28,31-33H,6-7,10,30H2,1-2H3/t12-,14+,17+,19?,22?,25-,28+/m0/s1. The number of benzene rings is 2. The quantitative estimate of drug-likeness (QED) is 0.425. The van der Waals surface area contributed by atoms with Crippen LogP contribution in [0.25, 0.3) is 5.57 Å². The average molecular weight is 536 g/mol. The Morgan fingerprint density at radius 2 is 1.87 bits per heavy atom. The number of carbonyl (C=O) groups is 3. The van der Waals surface area contributed by atoms with Gasteiger partial charge < -0.3 is 35.3 Å². The van der Waals surface area contributed by atoms with E-state index in [0.717, 1.165) is 0 Å². The largest absolute Gasteiger partial charge is 0.507 e. The highest BCUT2D eigenvalue weighted by Crippen LogP contribution is 2.57. The molecule has 204 valence electrons. The molecule has 10 nitrogen and oxygen atoms in total. The summed E-state index contributed by atoms with van der Waals surface area (Å²) in [4.78, 5) is 41.4. The zero-order valence-electron chi connectivity index (χ0n) is 21.4. The van der Waals surface area contributed by atoms with Gasteiger partial charge in [-0.05, 0) is 44.5 Å². The van der Waals surface area contributed by atoms with Gasteiger partial charge >= 0.3 is 5.97 Å². The van der Waals surface area contributed by atoms with Gasteiger partial charge in [0.15, 0.2) is 11.6 Å². The summed E-state index contributed by atoms with van der Waals surface area (Å²) in [6.45, 7) is 3.55. The molecule has 6 rings (SSSR count). The smallest absolute Gasteiger partial charge is 0.310 e. The van der Waals surface area contributed by atoms with E-state index in [0.29, 0.717) is 11.1 Å². The Kier molecular flexibility index (Phi) is 6.11. The molecule has 0 saturated carbocycles. The topological polar surface area (TPSA) is 166 Å². The molecule has 2 fully saturated rings. The molecule has 2 aliphatic carbocycles. The zero-order valence-corrected chi connectivity index (χ0v) is 21.4. The van der Waals surface area contributed by atoms with Gasteiger partial charge in [0.05, 0.1) is 23.7 Å². The van der Waals surface area contributed by atoms with Crippen molar-refractivity contribution in [2.24, 2.45) is 17.6 Å². The van der Waals surface area contributed by atoms with E-state index in [-0.39, 0.29) is 58.7 Å². The molecule has 0 radical (unpaired) electrons. The fourth-order valence-corrected chi connectivity index (χ4v) is 6.39. The molecule has 39 heavy (non-hydrogen) atoms. The molecule has 10 heteroatoms. The number of rotatable bonds is 4. The highest BCUT2D eigenvalue weighted by molar-refractivity contribution is 6.42. The molecule has 5 N–H and O–H groups in total. The lowest BCUT2D eigenvalue weighted by Crippen LogP contribution is -2.48. The first-order valence-electron chi connectivity index (χ1n) is 13.0. The molecule has 2 aromatic rings. The van der Waals surface area contributed by atoms with E-state index in [1.807, 2.05) is 0 Å². The maximum absolute atomic E-state index is 14.3. The lowest BCUT2D eigenvalue weighted by atomic mass is 9.65. The second kappa shape index (κ2) is 9.27. The predicted octanol–water partition coefficient (Wildman–Crippen LogP) is 1.96. The van der Waals surface area contributed by atoms with Gasteiger partial charge in [0.1, 0.15) is 23.7 Å². The van der Waals surface area contributed by atoms with Gasteiger partial charge in [-0.25, -0.2) is 0 Å². The van der Waals surface area contributed by atoms with Gasteiger partial charge in [0.25, 0.3) is 0 Å². The molecule has 0 aromatic heterocycles. The number of aliphatic hydroxyl groups is 2. The minimum Gasteiger partial charge on any atom is -0.507 e. The number of phenolic OH excluding ortho intramolecular Hbond substituents is 1. The van der Waals surface area contributed by atoms with Crippen LogP contribution in [0.15, 0.2) is 35.9 Å². The highest BCUT2D eigenvalue weighted by Gasteiger charge is 2.55. The van der Waals surface area contributed by atoms with Gasteiger partial charge in [0.2, 0.25) is 6.29 Å². The molecule has 0 bridgehead atoms. The first-order chi connectivity index (χ1) is 18.6. The molecular weight excluding hydrogens is 506 g/mol. The molecule has 4 aliphatic rings. The van der Waals surface area contributed by atoms with Crippen LogP contribution in [0, 0.1) is 18.8 Å². The SMILES string of the molecule is Cc1cc(O)c2c(c1)[C@H]1OC(=O)[C@H](CCN)C1C1=C2C(=O)c2cccc(OC3C[C@@H](O)[C@@H](O)[C@H](C)O3)c2C1=O. The van der Waals surface area contributed by atoms with Crippen LogP contribution < -0.4 is 10.5 Å². The van der Waals surface area contributed by atoms with Crippen LogP contribution in [0.5, 0.6) is 11.5 Å². The number of ether oxygens (including phenoxy) is 3. The lowest BCUT2D eigenvalue weighted by Gasteiger charge is -2.37. The second-order valence-electron chi connectivity index (χ2n) is 10.6. The summed E-state index contributed by atoms with van der Waals surface area (Å²) in [6, 6.07) is 7.89. The average Bonchev–Trinajstić information content (AvgIpc) is 3.21. The van der Waals surface area contributed by atoms with Gasteiger partial charge in [-0.2, -0.15) is 0 Å². The third-order valence-corrected chi connectivity index (χ3v) is 8.14. The Balaban J connectivity index is 1.51. The number of phenols is 1. The summed E-state index contributed by atoms with van der Waals surface area (Å²) in [6.07, 6.45) is -4.52. The van der Waals surface area contributed by atoms with Gasteiger partial charge in [-0.1, -0.05) is 18.2 Å². The van der Waals surface area contributed by atoms with Crippen molar-refractivity contribution >= 4 is 23.1 Å². The highest BCUT2D eigenvalue weighted by atomic mass is 16.7. The molecule has 7 atom stereocenters. The number of allylic oxidation sites excluding steroid dienone is 1.